The molecule has 0 saturated carbocycles. The van der Waals surface area contributed by atoms with Gasteiger partial charge in [0.2, 0.25) is 15.9 Å². The Bertz CT molecular complexity index is 1030. The summed E-state index contributed by atoms with van der Waals surface area (Å²) in [4.78, 5) is 13.8. The van der Waals surface area contributed by atoms with E-state index in [2.05, 4.69) is 0 Å². The number of nitrogens with zero attached hydrogens (tertiary/aromatic N) is 2. The summed E-state index contributed by atoms with van der Waals surface area (Å²) >= 11 is 0. The Balaban J connectivity index is 1.57. The standard InChI is InChI=1S/C21H24N2O5S/c1-27-19-12-15-9-11-22(14-16(15)13-20(19)28-2)29(25,26)18-7-5-17(6-8-18)23-10-3-4-21(23)24/h5-8,12-13H,3-4,9-11,14H2,1-2H3. The van der Waals surface area contributed by atoms with Gasteiger partial charge in [-0.25, -0.2) is 8.42 Å². The van der Waals surface area contributed by atoms with Crippen LogP contribution in [0.15, 0.2) is 41.3 Å². The Kier molecular flexibility index (Phi) is 5.23. The van der Waals surface area contributed by atoms with Crippen molar-refractivity contribution < 1.29 is 22.7 Å². The van der Waals surface area contributed by atoms with Crippen molar-refractivity contribution >= 4 is 21.6 Å². The maximum Gasteiger partial charge on any atom is 0.243 e. The van der Waals surface area contributed by atoms with Gasteiger partial charge in [0.15, 0.2) is 11.5 Å². The van der Waals surface area contributed by atoms with Crippen molar-refractivity contribution in [1.29, 1.82) is 0 Å². The van der Waals surface area contributed by atoms with Crippen molar-refractivity contribution in [3.8, 4) is 11.5 Å². The number of carbonyl (C=O) groups excluding carboxylic acids is 1. The van der Waals surface area contributed by atoms with Crippen LogP contribution in [0.25, 0.3) is 0 Å². The number of hydrogen-bond acceptors (Lipinski definition) is 5. The first kappa shape index (κ1) is 19.7. The minimum Gasteiger partial charge on any atom is -0.493 e. The van der Waals surface area contributed by atoms with Crippen LogP contribution in [-0.4, -0.2) is 45.9 Å². The molecule has 2 aliphatic rings. The van der Waals surface area contributed by atoms with Crippen molar-refractivity contribution in [2.75, 3.05) is 32.2 Å². The number of methoxy groups -OCH3 is 2. The number of ether oxygens (including phenoxy) is 2. The zero-order chi connectivity index (χ0) is 20.6. The number of carbonyl (C=O) groups is 1. The van der Waals surface area contributed by atoms with Crippen molar-refractivity contribution in [2.45, 2.75) is 30.7 Å². The molecule has 0 N–H and O–H groups in total. The summed E-state index contributed by atoms with van der Waals surface area (Å²) in [6.07, 6.45) is 1.98. The summed E-state index contributed by atoms with van der Waals surface area (Å²) in [5.41, 5.74) is 2.72. The van der Waals surface area contributed by atoms with E-state index in [0.29, 0.717) is 37.4 Å². The van der Waals surface area contributed by atoms with Crippen molar-refractivity contribution in [3.05, 3.63) is 47.5 Å². The Hall–Kier alpha value is -2.58. The van der Waals surface area contributed by atoms with Crippen LogP contribution < -0.4 is 14.4 Å². The van der Waals surface area contributed by atoms with Gasteiger partial charge in [-0.3, -0.25) is 4.79 Å². The average molecular weight is 416 g/mol. The maximum absolute atomic E-state index is 13.2. The summed E-state index contributed by atoms with van der Waals surface area (Å²) in [5, 5.41) is 0. The lowest BCUT2D eigenvalue weighted by molar-refractivity contribution is -0.117. The smallest absolute Gasteiger partial charge is 0.243 e. The highest BCUT2D eigenvalue weighted by molar-refractivity contribution is 7.89. The molecule has 0 atom stereocenters. The molecular formula is C21H24N2O5S. The number of benzene rings is 2. The molecule has 0 unspecified atom stereocenters. The van der Waals surface area contributed by atoms with Gasteiger partial charge < -0.3 is 14.4 Å². The maximum atomic E-state index is 13.2. The van der Waals surface area contributed by atoms with E-state index >= 15 is 0 Å². The largest absolute Gasteiger partial charge is 0.493 e. The zero-order valence-corrected chi connectivity index (χ0v) is 17.4. The first-order chi connectivity index (χ1) is 13.9. The average Bonchev–Trinajstić information content (AvgIpc) is 3.18. The number of fused-ring (bicyclic) bond motifs is 1. The summed E-state index contributed by atoms with van der Waals surface area (Å²) < 4.78 is 38.5. The Labute approximate surface area is 170 Å². The Morgan fingerprint density at radius 1 is 0.897 bits per heavy atom. The molecule has 1 fully saturated rings. The van der Waals surface area contributed by atoms with Crippen LogP contribution in [0.4, 0.5) is 5.69 Å². The second-order valence-electron chi connectivity index (χ2n) is 7.21. The predicted octanol–water partition coefficient (Wildman–Crippen LogP) is 2.58. The molecule has 1 amide bonds. The third-order valence-corrected chi connectivity index (χ3v) is 7.40. The van der Waals surface area contributed by atoms with Crippen LogP contribution in [0, 0.1) is 0 Å². The first-order valence-electron chi connectivity index (χ1n) is 9.58. The van der Waals surface area contributed by atoms with Gasteiger partial charge in [0, 0.05) is 31.7 Å². The number of sulfonamides is 1. The highest BCUT2D eigenvalue weighted by Gasteiger charge is 2.30. The molecule has 1 saturated heterocycles. The lowest BCUT2D eigenvalue weighted by atomic mass is 10.0. The minimum absolute atomic E-state index is 0.0811. The van der Waals surface area contributed by atoms with Crippen LogP contribution in [0.1, 0.15) is 24.0 Å². The summed E-state index contributed by atoms with van der Waals surface area (Å²) in [5.74, 6) is 1.32. The lowest BCUT2D eigenvalue weighted by Crippen LogP contribution is -2.36. The highest BCUT2D eigenvalue weighted by Crippen LogP contribution is 2.35. The van der Waals surface area contributed by atoms with Gasteiger partial charge in [-0.2, -0.15) is 4.31 Å². The third-order valence-electron chi connectivity index (χ3n) is 5.54. The highest BCUT2D eigenvalue weighted by atomic mass is 32.2. The van der Waals surface area contributed by atoms with E-state index in [1.54, 1.807) is 43.4 Å². The van der Waals surface area contributed by atoms with Crippen LogP contribution in [0.2, 0.25) is 0 Å². The molecule has 0 aromatic heterocycles. The number of anilines is 1. The topological polar surface area (TPSA) is 76.2 Å². The van der Waals surface area contributed by atoms with Crippen molar-refractivity contribution in [2.24, 2.45) is 0 Å². The van der Waals surface area contributed by atoms with E-state index < -0.39 is 10.0 Å². The molecule has 4 rings (SSSR count). The van der Waals surface area contributed by atoms with Crippen LogP contribution in [0.3, 0.4) is 0 Å². The van der Waals surface area contributed by atoms with E-state index in [1.165, 1.54) is 4.31 Å². The van der Waals surface area contributed by atoms with Crippen molar-refractivity contribution in [3.63, 3.8) is 0 Å². The van der Waals surface area contributed by atoms with E-state index in [4.69, 9.17) is 9.47 Å². The second kappa shape index (κ2) is 7.68. The fraction of sp³-hybridized carbons (Fsp3) is 0.381. The first-order valence-corrected chi connectivity index (χ1v) is 11.0. The molecule has 0 spiro atoms. The molecule has 8 heteroatoms. The van der Waals surface area contributed by atoms with E-state index in [0.717, 1.165) is 23.2 Å². The molecule has 0 aliphatic carbocycles. The van der Waals surface area contributed by atoms with Crippen LogP contribution in [-0.2, 0) is 27.8 Å². The summed E-state index contributed by atoms with van der Waals surface area (Å²) in [6.45, 7) is 1.36. The zero-order valence-electron chi connectivity index (χ0n) is 16.6. The second-order valence-corrected chi connectivity index (χ2v) is 9.15. The molecule has 0 bridgehead atoms. The molecule has 2 aromatic carbocycles. The molecule has 2 aromatic rings. The van der Waals surface area contributed by atoms with E-state index in [-0.39, 0.29) is 17.3 Å². The summed E-state index contributed by atoms with van der Waals surface area (Å²) in [7, 11) is -0.486. The Morgan fingerprint density at radius 3 is 2.14 bits per heavy atom. The lowest BCUT2D eigenvalue weighted by Gasteiger charge is -2.29. The molecule has 0 radical (unpaired) electrons. The summed E-state index contributed by atoms with van der Waals surface area (Å²) in [6, 6.07) is 10.3. The molecular weight excluding hydrogens is 392 g/mol. The monoisotopic (exact) mass is 416 g/mol. The SMILES string of the molecule is COc1cc2c(cc1OC)CN(S(=O)(=O)c1ccc(N3CCCC3=O)cc1)CC2. The van der Waals surface area contributed by atoms with Gasteiger partial charge in [-0.15, -0.1) is 0 Å². The third kappa shape index (κ3) is 3.58. The van der Waals surface area contributed by atoms with Crippen LogP contribution in [0.5, 0.6) is 11.5 Å². The molecule has 2 aliphatic heterocycles. The van der Waals surface area contributed by atoms with Gasteiger partial charge in [0.1, 0.15) is 0 Å². The van der Waals surface area contributed by atoms with Gasteiger partial charge >= 0.3 is 0 Å². The predicted molar refractivity (Wildman–Crippen MR) is 109 cm³/mol. The molecule has 2 heterocycles. The fourth-order valence-electron chi connectivity index (χ4n) is 3.93. The number of amides is 1. The van der Waals surface area contributed by atoms with Gasteiger partial charge in [-0.05, 0) is 60.4 Å². The fourth-order valence-corrected chi connectivity index (χ4v) is 5.35. The number of rotatable bonds is 5. The van der Waals surface area contributed by atoms with E-state index in [9.17, 15) is 13.2 Å². The normalized spacial score (nSPS) is 17.3. The van der Waals surface area contributed by atoms with Gasteiger partial charge in [0.05, 0.1) is 19.1 Å². The minimum atomic E-state index is -3.64. The van der Waals surface area contributed by atoms with E-state index in [1.807, 2.05) is 12.1 Å². The number of hydrogen-bond donors (Lipinski definition) is 0. The quantitative estimate of drug-likeness (QED) is 0.749. The van der Waals surface area contributed by atoms with Crippen molar-refractivity contribution in [1.82, 2.24) is 4.31 Å². The molecule has 154 valence electrons. The Morgan fingerprint density at radius 2 is 1.55 bits per heavy atom. The molecule has 7 nitrogen and oxygen atoms in total. The van der Waals surface area contributed by atoms with Crippen LogP contribution >= 0.6 is 0 Å². The van der Waals surface area contributed by atoms with Gasteiger partial charge in [0.25, 0.3) is 0 Å². The molecule has 29 heavy (non-hydrogen) atoms. The van der Waals surface area contributed by atoms with Gasteiger partial charge in [-0.1, -0.05) is 0 Å².